The highest BCUT2D eigenvalue weighted by Gasteiger charge is 2.66. The van der Waals surface area contributed by atoms with Crippen LogP contribution in [-0.4, -0.2) is 24.8 Å². The molecule has 1 saturated carbocycles. The maximum atomic E-state index is 13.1. The Bertz CT molecular complexity index is 833. The number of fused-ring (bicyclic) bond motifs is 1. The quantitative estimate of drug-likeness (QED) is 0.941. The molecule has 0 unspecified atom stereocenters. The lowest BCUT2D eigenvalue weighted by Crippen LogP contribution is -2.40. The first-order chi connectivity index (χ1) is 10.9. The zero-order chi connectivity index (χ0) is 16.2. The van der Waals surface area contributed by atoms with E-state index in [1.807, 2.05) is 49.4 Å². The van der Waals surface area contributed by atoms with Gasteiger partial charge in [-0.1, -0.05) is 48.0 Å². The minimum absolute atomic E-state index is 0.257. The van der Waals surface area contributed by atoms with E-state index in [4.69, 9.17) is 5.73 Å². The average molecular weight is 328 g/mol. The minimum Gasteiger partial charge on any atom is -0.323 e. The van der Waals surface area contributed by atoms with Crippen molar-refractivity contribution in [2.24, 2.45) is 11.7 Å². The van der Waals surface area contributed by atoms with Gasteiger partial charge >= 0.3 is 0 Å². The number of piperidine rings is 1. The van der Waals surface area contributed by atoms with Crippen molar-refractivity contribution < 1.29 is 8.42 Å². The fourth-order valence-corrected chi connectivity index (χ4v) is 5.44. The number of hydrogen-bond acceptors (Lipinski definition) is 3. The molecule has 23 heavy (non-hydrogen) atoms. The zero-order valence-electron chi connectivity index (χ0n) is 13.0. The second kappa shape index (κ2) is 4.90. The summed E-state index contributed by atoms with van der Waals surface area (Å²) in [6, 6.07) is 16.5. The van der Waals surface area contributed by atoms with Crippen LogP contribution in [0.15, 0.2) is 59.5 Å². The predicted molar refractivity (Wildman–Crippen MR) is 89.3 cm³/mol. The van der Waals surface area contributed by atoms with Crippen LogP contribution in [0.25, 0.3) is 0 Å². The van der Waals surface area contributed by atoms with Crippen molar-refractivity contribution in [2.75, 3.05) is 6.54 Å². The second-order valence-corrected chi connectivity index (χ2v) is 8.60. The Kier molecular flexibility index (Phi) is 3.17. The molecule has 0 radical (unpaired) electrons. The molecule has 2 aromatic carbocycles. The molecule has 2 fully saturated rings. The van der Waals surface area contributed by atoms with Gasteiger partial charge in [0.1, 0.15) is 0 Å². The van der Waals surface area contributed by atoms with E-state index >= 15 is 0 Å². The van der Waals surface area contributed by atoms with Crippen LogP contribution in [0.2, 0.25) is 0 Å². The SMILES string of the molecule is Cc1ccc(S(=O)(=O)N2C[C@@H]3C[C@]3(N)[C@@H]2c2ccccc2)cc1. The fraction of sp³-hybridized carbons (Fsp3) is 0.333. The number of rotatable bonds is 3. The Morgan fingerprint density at radius 1 is 1.09 bits per heavy atom. The van der Waals surface area contributed by atoms with Gasteiger partial charge in [0.15, 0.2) is 0 Å². The molecule has 0 spiro atoms. The molecule has 2 N–H and O–H groups in total. The molecule has 2 aliphatic rings. The van der Waals surface area contributed by atoms with E-state index in [1.165, 1.54) is 0 Å². The molecule has 3 atom stereocenters. The minimum atomic E-state index is -3.54. The third-order valence-corrected chi connectivity index (χ3v) is 6.99. The van der Waals surface area contributed by atoms with Crippen molar-refractivity contribution in [3.05, 3.63) is 65.7 Å². The lowest BCUT2D eigenvalue weighted by molar-refractivity contribution is 0.333. The monoisotopic (exact) mass is 328 g/mol. The number of aryl methyl sites for hydroxylation is 1. The Morgan fingerprint density at radius 3 is 2.39 bits per heavy atom. The Labute approximate surface area is 137 Å². The number of sulfonamides is 1. The average Bonchev–Trinajstić information content (AvgIpc) is 3.09. The molecule has 0 amide bonds. The normalized spacial score (nSPS) is 30.2. The van der Waals surface area contributed by atoms with Crippen LogP contribution in [0, 0.1) is 12.8 Å². The first-order valence-electron chi connectivity index (χ1n) is 7.85. The van der Waals surface area contributed by atoms with Crippen molar-refractivity contribution in [3.63, 3.8) is 0 Å². The van der Waals surface area contributed by atoms with Crippen molar-refractivity contribution in [3.8, 4) is 0 Å². The van der Waals surface area contributed by atoms with Gasteiger partial charge in [-0.3, -0.25) is 0 Å². The van der Waals surface area contributed by atoms with Crippen LogP contribution in [0.4, 0.5) is 0 Å². The maximum absolute atomic E-state index is 13.1. The number of nitrogens with zero attached hydrogens (tertiary/aromatic N) is 1. The largest absolute Gasteiger partial charge is 0.323 e. The summed E-state index contributed by atoms with van der Waals surface area (Å²) in [5, 5.41) is 0. The summed E-state index contributed by atoms with van der Waals surface area (Å²) in [5.41, 5.74) is 8.12. The lowest BCUT2D eigenvalue weighted by Gasteiger charge is -2.30. The van der Waals surface area contributed by atoms with E-state index in [9.17, 15) is 8.42 Å². The molecular weight excluding hydrogens is 308 g/mol. The summed E-state index contributed by atoms with van der Waals surface area (Å²) in [6.07, 6.45) is 0.895. The predicted octanol–water partition coefficient (Wildman–Crippen LogP) is 2.46. The summed E-state index contributed by atoms with van der Waals surface area (Å²) in [5.74, 6) is 0.257. The summed E-state index contributed by atoms with van der Waals surface area (Å²) < 4.78 is 27.8. The van der Waals surface area contributed by atoms with E-state index in [-0.39, 0.29) is 12.0 Å². The molecule has 1 heterocycles. The highest BCUT2D eigenvalue weighted by Crippen LogP contribution is 2.59. The molecule has 2 aromatic rings. The van der Waals surface area contributed by atoms with E-state index in [0.717, 1.165) is 17.5 Å². The van der Waals surface area contributed by atoms with E-state index in [1.54, 1.807) is 16.4 Å². The van der Waals surface area contributed by atoms with Crippen LogP contribution in [0.5, 0.6) is 0 Å². The van der Waals surface area contributed by atoms with Gasteiger partial charge in [-0.05, 0) is 37.0 Å². The number of benzene rings is 2. The molecule has 5 heteroatoms. The smallest absolute Gasteiger partial charge is 0.243 e. The molecule has 0 bridgehead atoms. The molecular formula is C18H20N2O2S. The molecule has 0 aromatic heterocycles. The van der Waals surface area contributed by atoms with E-state index in [0.29, 0.717) is 11.4 Å². The van der Waals surface area contributed by atoms with Gasteiger partial charge in [-0.2, -0.15) is 4.31 Å². The number of nitrogens with two attached hydrogens (primary N) is 1. The summed E-state index contributed by atoms with van der Waals surface area (Å²) in [7, 11) is -3.54. The summed E-state index contributed by atoms with van der Waals surface area (Å²) in [4.78, 5) is 0.342. The summed E-state index contributed by atoms with van der Waals surface area (Å²) in [6.45, 7) is 2.45. The van der Waals surface area contributed by atoms with Gasteiger partial charge in [0.05, 0.1) is 10.9 Å². The van der Waals surface area contributed by atoms with Gasteiger partial charge in [-0.15, -0.1) is 0 Å². The molecule has 1 aliphatic carbocycles. The first kappa shape index (κ1) is 14.9. The van der Waals surface area contributed by atoms with E-state index in [2.05, 4.69) is 0 Å². The second-order valence-electron chi connectivity index (χ2n) is 6.71. The van der Waals surface area contributed by atoms with Crippen LogP contribution in [0.1, 0.15) is 23.6 Å². The summed E-state index contributed by atoms with van der Waals surface area (Å²) >= 11 is 0. The van der Waals surface area contributed by atoms with E-state index < -0.39 is 15.6 Å². The van der Waals surface area contributed by atoms with Gasteiger partial charge in [-0.25, -0.2) is 8.42 Å². The van der Waals surface area contributed by atoms with Crippen LogP contribution in [-0.2, 0) is 10.0 Å². The Balaban J connectivity index is 1.77. The van der Waals surface area contributed by atoms with Gasteiger partial charge < -0.3 is 5.73 Å². The van der Waals surface area contributed by atoms with Crippen LogP contribution < -0.4 is 5.73 Å². The Hall–Kier alpha value is -1.69. The molecule has 1 aliphatic heterocycles. The Morgan fingerprint density at radius 2 is 1.74 bits per heavy atom. The van der Waals surface area contributed by atoms with Crippen molar-refractivity contribution in [1.82, 2.24) is 4.31 Å². The third-order valence-electron chi connectivity index (χ3n) is 5.14. The fourth-order valence-electron chi connectivity index (χ4n) is 3.72. The standard InChI is InChI=1S/C18H20N2O2S/c1-13-7-9-16(10-8-13)23(21,22)20-12-15-11-18(15,19)17(20)14-5-3-2-4-6-14/h2-10,15,17H,11-12,19H2,1H3/t15-,17-,18+/m0/s1. The van der Waals surface area contributed by atoms with Crippen LogP contribution in [0.3, 0.4) is 0 Å². The lowest BCUT2D eigenvalue weighted by atomic mass is 9.99. The molecule has 120 valence electrons. The number of hydrogen-bond donors (Lipinski definition) is 1. The first-order valence-corrected chi connectivity index (χ1v) is 9.29. The van der Waals surface area contributed by atoms with Gasteiger partial charge in [0.25, 0.3) is 0 Å². The van der Waals surface area contributed by atoms with Crippen molar-refractivity contribution in [2.45, 2.75) is 29.8 Å². The van der Waals surface area contributed by atoms with Gasteiger partial charge in [0, 0.05) is 12.1 Å². The molecule has 4 nitrogen and oxygen atoms in total. The highest BCUT2D eigenvalue weighted by molar-refractivity contribution is 7.89. The van der Waals surface area contributed by atoms with Crippen molar-refractivity contribution in [1.29, 1.82) is 0 Å². The van der Waals surface area contributed by atoms with Crippen LogP contribution >= 0.6 is 0 Å². The van der Waals surface area contributed by atoms with Crippen molar-refractivity contribution >= 4 is 10.0 Å². The topological polar surface area (TPSA) is 63.4 Å². The third kappa shape index (κ3) is 2.23. The maximum Gasteiger partial charge on any atom is 0.243 e. The molecule has 1 saturated heterocycles. The molecule has 4 rings (SSSR count). The van der Waals surface area contributed by atoms with Gasteiger partial charge in [0.2, 0.25) is 10.0 Å². The highest BCUT2D eigenvalue weighted by atomic mass is 32.2. The zero-order valence-corrected chi connectivity index (χ0v) is 13.8.